The van der Waals surface area contributed by atoms with Crippen LogP contribution < -0.4 is 4.90 Å². The molecule has 0 saturated heterocycles. The van der Waals surface area contributed by atoms with Crippen LogP contribution in [-0.4, -0.2) is 4.57 Å². The standard InChI is InChI=1S/C52H38N2/c1-33-29-43-49-48-41(40-23-13-15-25-44(40)54-45-26-16-14-24-42(45)47(33)51(49)54)27-28-46(50(48)52(43,2)3)53(38-21-11-6-12-22-38)39-31-36(34-17-7-4-8-18-34)30-37(32-39)35-19-9-5-10-20-35/h4-32H,1-3H3/i1D3. The van der Waals surface area contributed by atoms with Gasteiger partial charge in [0.05, 0.1) is 22.4 Å². The molecule has 256 valence electrons. The molecule has 1 aliphatic carbocycles. The van der Waals surface area contributed by atoms with Gasteiger partial charge in [-0.25, -0.2) is 0 Å². The zero-order valence-corrected chi connectivity index (χ0v) is 30.1. The molecule has 54 heavy (non-hydrogen) atoms. The van der Waals surface area contributed by atoms with Crippen molar-refractivity contribution in [3.05, 3.63) is 193 Å². The van der Waals surface area contributed by atoms with Gasteiger partial charge in [-0.15, -0.1) is 0 Å². The van der Waals surface area contributed by atoms with E-state index in [1.54, 1.807) is 0 Å². The minimum atomic E-state index is -2.33. The van der Waals surface area contributed by atoms with Gasteiger partial charge in [-0.1, -0.05) is 141 Å². The van der Waals surface area contributed by atoms with Crippen molar-refractivity contribution in [1.82, 2.24) is 4.57 Å². The van der Waals surface area contributed by atoms with Gasteiger partial charge in [-0.2, -0.15) is 0 Å². The van der Waals surface area contributed by atoms with Crippen LogP contribution in [0.2, 0.25) is 0 Å². The monoisotopic (exact) mass is 693 g/mol. The maximum absolute atomic E-state index is 8.94. The second-order valence-electron chi connectivity index (χ2n) is 15.1. The van der Waals surface area contributed by atoms with E-state index >= 15 is 0 Å². The molecule has 0 bridgehead atoms. The quantitative estimate of drug-likeness (QED) is 0.174. The number of nitrogens with zero attached hydrogens (tertiary/aromatic N) is 2. The number of aryl methyl sites for hydroxylation is 1. The molecular weight excluding hydrogens is 653 g/mol. The summed E-state index contributed by atoms with van der Waals surface area (Å²) in [5, 5.41) is 1.77. The Morgan fingerprint density at radius 2 is 1.17 bits per heavy atom. The average Bonchev–Trinajstić information content (AvgIpc) is 3.65. The van der Waals surface area contributed by atoms with Crippen LogP contribution in [0.15, 0.2) is 176 Å². The maximum atomic E-state index is 8.94. The topological polar surface area (TPSA) is 8.17 Å². The molecule has 1 aliphatic heterocycles. The van der Waals surface area contributed by atoms with E-state index in [2.05, 4.69) is 187 Å². The normalized spacial score (nSPS) is 14.3. The van der Waals surface area contributed by atoms with Gasteiger partial charge in [0.25, 0.3) is 0 Å². The van der Waals surface area contributed by atoms with E-state index in [1.165, 1.54) is 11.1 Å². The Balaban J connectivity index is 1.28. The highest BCUT2D eigenvalue weighted by atomic mass is 15.1. The van der Waals surface area contributed by atoms with Gasteiger partial charge in [-0.3, -0.25) is 0 Å². The second kappa shape index (κ2) is 11.4. The van der Waals surface area contributed by atoms with Crippen LogP contribution in [0.25, 0.3) is 72.0 Å². The molecule has 0 atom stereocenters. The van der Waals surface area contributed by atoms with Crippen LogP contribution in [0.3, 0.4) is 0 Å². The Hall–Kier alpha value is -6.64. The summed E-state index contributed by atoms with van der Waals surface area (Å²) in [7, 11) is 0. The Bertz CT molecular complexity index is 3010. The third-order valence-corrected chi connectivity index (χ3v) is 11.8. The highest BCUT2D eigenvalue weighted by molar-refractivity contribution is 6.20. The average molecular weight is 694 g/mol. The molecule has 0 radical (unpaired) electrons. The second-order valence-corrected chi connectivity index (χ2v) is 15.1. The summed E-state index contributed by atoms with van der Waals surface area (Å²) < 4.78 is 29.2. The van der Waals surface area contributed by atoms with Crippen LogP contribution in [0.5, 0.6) is 0 Å². The van der Waals surface area contributed by atoms with Gasteiger partial charge >= 0.3 is 0 Å². The van der Waals surface area contributed by atoms with E-state index in [0.29, 0.717) is 5.56 Å². The smallest absolute Gasteiger partial charge is 0.0625 e. The first-order chi connectivity index (χ1) is 27.7. The molecule has 8 aromatic carbocycles. The van der Waals surface area contributed by atoms with Crippen molar-refractivity contribution in [3.63, 3.8) is 0 Å². The van der Waals surface area contributed by atoms with Crippen molar-refractivity contribution in [2.75, 3.05) is 4.90 Å². The number of rotatable bonds is 5. The van der Waals surface area contributed by atoms with E-state index in [9.17, 15) is 0 Å². The SMILES string of the molecule is [2H]C([2H])([2H])c1cc2c3c4c1c1ccccc1n4-c1ccccc1-c1ccc(N(c4ccccc4)c4cc(-c5ccccc5)cc(-c5ccccc5)c4)c(c1-3)C2(C)C. The molecule has 0 spiro atoms. The molecule has 0 unspecified atom stereocenters. The lowest BCUT2D eigenvalue weighted by Gasteiger charge is -2.33. The van der Waals surface area contributed by atoms with Gasteiger partial charge in [0.2, 0.25) is 0 Å². The number of fused-ring (bicyclic) bond motifs is 6. The number of para-hydroxylation sites is 3. The molecule has 0 amide bonds. The Labute approximate surface area is 320 Å². The van der Waals surface area contributed by atoms with Crippen molar-refractivity contribution in [2.24, 2.45) is 0 Å². The summed E-state index contributed by atoms with van der Waals surface area (Å²) in [4.78, 5) is 2.41. The van der Waals surface area contributed by atoms with Gasteiger partial charge in [0.15, 0.2) is 0 Å². The lowest BCUT2D eigenvalue weighted by atomic mass is 9.79. The summed E-state index contributed by atoms with van der Waals surface area (Å²) in [6, 6.07) is 62.2. The van der Waals surface area contributed by atoms with E-state index in [1.807, 2.05) is 12.1 Å². The van der Waals surface area contributed by atoms with Crippen LogP contribution in [0, 0.1) is 6.85 Å². The third kappa shape index (κ3) is 4.28. The first-order valence-corrected chi connectivity index (χ1v) is 18.7. The molecule has 0 fully saturated rings. The molecule has 2 aliphatic rings. The fourth-order valence-corrected chi connectivity index (χ4v) is 9.43. The van der Waals surface area contributed by atoms with Gasteiger partial charge in [0.1, 0.15) is 0 Å². The predicted octanol–water partition coefficient (Wildman–Crippen LogP) is 14.2. The minimum absolute atomic E-state index is 0.401. The maximum Gasteiger partial charge on any atom is 0.0625 e. The lowest BCUT2D eigenvalue weighted by molar-refractivity contribution is 0.660. The molecule has 2 heteroatoms. The van der Waals surface area contributed by atoms with Crippen LogP contribution in [0.4, 0.5) is 17.1 Å². The van der Waals surface area contributed by atoms with Crippen LogP contribution in [0.1, 0.15) is 34.7 Å². The minimum Gasteiger partial charge on any atom is -0.310 e. The summed E-state index contributed by atoms with van der Waals surface area (Å²) in [5.41, 5.74) is 17.4. The highest BCUT2D eigenvalue weighted by Gasteiger charge is 2.44. The summed E-state index contributed by atoms with van der Waals surface area (Å²) in [6.07, 6.45) is 0. The third-order valence-electron chi connectivity index (χ3n) is 11.8. The van der Waals surface area contributed by atoms with Crippen LogP contribution >= 0.6 is 0 Å². The Kier molecular flexibility index (Phi) is 5.91. The summed E-state index contributed by atoms with van der Waals surface area (Å²) in [6.45, 7) is 2.23. The number of anilines is 3. The number of benzene rings is 8. The molecule has 1 aromatic heterocycles. The first-order valence-electron chi connectivity index (χ1n) is 20.2. The Morgan fingerprint density at radius 1 is 0.537 bits per heavy atom. The summed E-state index contributed by atoms with van der Waals surface area (Å²) in [5.74, 6) is 0. The zero-order chi connectivity index (χ0) is 38.6. The largest absolute Gasteiger partial charge is 0.310 e. The fourth-order valence-electron chi connectivity index (χ4n) is 9.43. The van der Waals surface area contributed by atoms with Crippen LogP contribution in [-0.2, 0) is 5.41 Å². The number of aromatic nitrogens is 1. The molecule has 9 aromatic rings. The summed E-state index contributed by atoms with van der Waals surface area (Å²) >= 11 is 0. The molecule has 0 saturated carbocycles. The molecule has 2 heterocycles. The van der Waals surface area contributed by atoms with Crippen molar-refractivity contribution in [2.45, 2.75) is 26.1 Å². The molecular formula is C52H38N2. The fraction of sp³-hybridized carbons (Fsp3) is 0.0769. The number of hydrogen-bond acceptors (Lipinski definition) is 1. The van der Waals surface area contributed by atoms with E-state index < -0.39 is 12.3 Å². The van der Waals surface area contributed by atoms with Gasteiger partial charge in [0, 0.05) is 42.8 Å². The molecule has 2 nitrogen and oxygen atoms in total. The van der Waals surface area contributed by atoms with E-state index in [0.717, 1.165) is 89.1 Å². The van der Waals surface area contributed by atoms with Gasteiger partial charge in [-0.05, 0) is 105 Å². The molecule has 11 rings (SSSR count). The Morgan fingerprint density at radius 3 is 1.87 bits per heavy atom. The van der Waals surface area contributed by atoms with Gasteiger partial charge < -0.3 is 9.47 Å². The van der Waals surface area contributed by atoms with E-state index in [4.69, 9.17) is 4.11 Å². The zero-order valence-electron chi connectivity index (χ0n) is 33.1. The highest BCUT2D eigenvalue weighted by Crippen LogP contribution is 2.61. The molecule has 0 N–H and O–H groups in total. The van der Waals surface area contributed by atoms with Crippen molar-refractivity contribution in [1.29, 1.82) is 0 Å². The van der Waals surface area contributed by atoms with Crippen molar-refractivity contribution in [3.8, 4) is 50.2 Å². The number of hydrogen-bond donors (Lipinski definition) is 0. The van der Waals surface area contributed by atoms with Crippen molar-refractivity contribution >= 4 is 38.9 Å². The first kappa shape index (κ1) is 27.9. The van der Waals surface area contributed by atoms with E-state index in [-0.39, 0.29) is 0 Å². The van der Waals surface area contributed by atoms with Crippen molar-refractivity contribution < 1.29 is 4.11 Å². The predicted molar refractivity (Wildman–Crippen MR) is 228 cm³/mol. The lowest BCUT2D eigenvalue weighted by Crippen LogP contribution is -2.21.